The van der Waals surface area contributed by atoms with Crippen LogP contribution in [0.1, 0.15) is 5.56 Å². The van der Waals surface area contributed by atoms with Crippen LogP contribution in [-0.2, 0) is 11.2 Å². The summed E-state index contributed by atoms with van der Waals surface area (Å²) in [7, 11) is 3.38. The van der Waals surface area contributed by atoms with Crippen molar-refractivity contribution in [1.29, 1.82) is 0 Å². The molecule has 0 aliphatic carbocycles. The zero-order valence-corrected chi connectivity index (χ0v) is 9.66. The second-order valence-electron chi connectivity index (χ2n) is 3.65. The van der Waals surface area contributed by atoms with Crippen molar-refractivity contribution >= 4 is 23.2 Å². The van der Waals surface area contributed by atoms with E-state index in [0.29, 0.717) is 12.1 Å². The van der Waals surface area contributed by atoms with Gasteiger partial charge in [-0.15, -0.1) is 11.6 Å². The zero-order chi connectivity index (χ0) is 11.4. The Morgan fingerprint density at radius 2 is 2.20 bits per heavy atom. The van der Waals surface area contributed by atoms with Crippen molar-refractivity contribution in [2.75, 3.05) is 19.8 Å². The Labute approximate surface area is 94.8 Å². The lowest BCUT2D eigenvalue weighted by Gasteiger charge is -2.15. The monoisotopic (exact) mass is 226 g/mol. The molecule has 15 heavy (non-hydrogen) atoms. The zero-order valence-electron chi connectivity index (χ0n) is 8.90. The fraction of sp³-hybridized carbons (Fsp3) is 0.364. The second kappa shape index (κ2) is 5.03. The molecule has 1 rings (SSSR count). The van der Waals surface area contributed by atoms with Gasteiger partial charge in [-0.2, -0.15) is 0 Å². The molecule has 0 aliphatic rings. The van der Waals surface area contributed by atoms with Crippen molar-refractivity contribution in [2.24, 2.45) is 0 Å². The average Bonchev–Trinajstić information content (AvgIpc) is 2.16. The van der Waals surface area contributed by atoms with Crippen molar-refractivity contribution < 1.29 is 4.79 Å². The summed E-state index contributed by atoms with van der Waals surface area (Å²) in [5.74, 6) is -0.0842. The highest BCUT2D eigenvalue weighted by atomic mass is 35.5. The minimum absolute atomic E-state index is 0.0842. The van der Waals surface area contributed by atoms with Gasteiger partial charge < -0.3 is 10.6 Å². The molecule has 4 heteroatoms. The van der Waals surface area contributed by atoms with Gasteiger partial charge >= 0.3 is 0 Å². The normalized spacial score (nSPS) is 12.2. The topological polar surface area (TPSA) is 46.3 Å². The van der Waals surface area contributed by atoms with Crippen molar-refractivity contribution in [3.8, 4) is 0 Å². The van der Waals surface area contributed by atoms with Crippen LogP contribution in [0.4, 0.5) is 5.69 Å². The number of alkyl halides is 1. The Bertz CT molecular complexity index is 352. The second-order valence-corrected chi connectivity index (χ2v) is 4.18. The van der Waals surface area contributed by atoms with Gasteiger partial charge in [0.2, 0.25) is 5.91 Å². The Morgan fingerprint density at radius 3 is 2.73 bits per heavy atom. The fourth-order valence-corrected chi connectivity index (χ4v) is 1.67. The SMILES string of the molecule is CN(C)C(=O)C(Cl)Cc1cccc(N)c1. The van der Waals surface area contributed by atoms with Gasteiger partial charge in [-0.05, 0) is 24.1 Å². The predicted molar refractivity (Wildman–Crippen MR) is 62.9 cm³/mol. The number of carbonyl (C=O) groups is 1. The van der Waals surface area contributed by atoms with E-state index in [4.69, 9.17) is 17.3 Å². The van der Waals surface area contributed by atoms with E-state index in [1.807, 2.05) is 18.2 Å². The highest BCUT2D eigenvalue weighted by molar-refractivity contribution is 6.30. The predicted octanol–water partition coefficient (Wildman–Crippen LogP) is 1.51. The number of benzene rings is 1. The summed E-state index contributed by atoms with van der Waals surface area (Å²) in [6, 6.07) is 7.40. The van der Waals surface area contributed by atoms with Crippen LogP contribution in [0, 0.1) is 0 Å². The Kier molecular flexibility index (Phi) is 3.97. The lowest BCUT2D eigenvalue weighted by molar-refractivity contribution is -0.128. The smallest absolute Gasteiger partial charge is 0.240 e. The molecule has 1 aromatic carbocycles. The first kappa shape index (κ1) is 11.9. The van der Waals surface area contributed by atoms with Crippen LogP contribution in [0.25, 0.3) is 0 Å². The molecule has 0 saturated carbocycles. The summed E-state index contributed by atoms with van der Waals surface area (Å²) in [6.45, 7) is 0. The lowest BCUT2D eigenvalue weighted by Crippen LogP contribution is -2.31. The van der Waals surface area contributed by atoms with Crippen LogP contribution in [0.15, 0.2) is 24.3 Å². The number of halogens is 1. The number of hydrogen-bond donors (Lipinski definition) is 1. The largest absolute Gasteiger partial charge is 0.399 e. The number of nitrogens with zero attached hydrogens (tertiary/aromatic N) is 1. The molecular formula is C11H15ClN2O. The number of nitrogen functional groups attached to an aromatic ring is 1. The minimum atomic E-state index is -0.526. The Morgan fingerprint density at radius 1 is 1.53 bits per heavy atom. The summed E-state index contributed by atoms with van der Waals surface area (Å²) < 4.78 is 0. The molecule has 2 N–H and O–H groups in total. The first-order valence-corrected chi connectivity index (χ1v) is 5.14. The third-order valence-corrected chi connectivity index (χ3v) is 2.42. The molecule has 1 aromatic rings. The Hall–Kier alpha value is -1.22. The first-order chi connectivity index (χ1) is 7.00. The summed E-state index contributed by atoms with van der Waals surface area (Å²) in [4.78, 5) is 13.0. The molecule has 1 unspecified atom stereocenters. The quantitative estimate of drug-likeness (QED) is 0.627. The maximum Gasteiger partial charge on any atom is 0.240 e. The molecule has 0 aliphatic heterocycles. The summed E-state index contributed by atoms with van der Waals surface area (Å²) in [5, 5.41) is -0.526. The van der Waals surface area contributed by atoms with Gasteiger partial charge in [-0.25, -0.2) is 0 Å². The lowest BCUT2D eigenvalue weighted by atomic mass is 10.1. The minimum Gasteiger partial charge on any atom is -0.399 e. The van der Waals surface area contributed by atoms with Gasteiger partial charge in [0.1, 0.15) is 5.38 Å². The highest BCUT2D eigenvalue weighted by Gasteiger charge is 2.17. The van der Waals surface area contributed by atoms with E-state index in [1.54, 1.807) is 20.2 Å². The highest BCUT2D eigenvalue weighted by Crippen LogP contribution is 2.13. The van der Waals surface area contributed by atoms with Gasteiger partial charge in [-0.1, -0.05) is 12.1 Å². The van der Waals surface area contributed by atoms with Gasteiger partial charge in [0.05, 0.1) is 0 Å². The van der Waals surface area contributed by atoms with Crippen LogP contribution in [0.2, 0.25) is 0 Å². The third kappa shape index (κ3) is 3.44. The van der Waals surface area contributed by atoms with E-state index < -0.39 is 5.38 Å². The van der Waals surface area contributed by atoms with Gasteiger partial charge in [0, 0.05) is 19.8 Å². The average molecular weight is 227 g/mol. The molecule has 1 atom stereocenters. The molecule has 0 saturated heterocycles. The maximum atomic E-state index is 11.5. The Balaban J connectivity index is 2.66. The third-order valence-electron chi connectivity index (χ3n) is 2.07. The number of hydrogen-bond acceptors (Lipinski definition) is 2. The molecule has 0 radical (unpaired) electrons. The molecule has 0 aromatic heterocycles. The van der Waals surface area contributed by atoms with Crippen LogP contribution >= 0.6 is 11.6 Å². The summed E-state index contributed by atoms with van der Waals surface area (Å²) in [6.07, 6.45) is 0.504. The summed E-state index contributed by atoms with van der Waals surface area (Å²) >= 11 is 5.98. The van der Waals surface area contributed by atoms with Crippen LogP contribution in [0.3, 0.4) is 0 Å². The van der Waals surface area contributed by atoms with E-state index in [2.05, 4.69) is 0 Å². The van der Waals surface area contributed by atoms with Crippen molar-refractivity contribution in [1.82, 2.24) is 4.90 Å². The number of nitrogens with two attached hydrogens (primary N) is 1. The molecule has 0 heterocycles. The van der Waals surface area contributed by atoms with E-state index >= 15 is 0 Å². The van der Waals surface area contributed by atoms with Crippen molar-refractivity contribution in [2.45, 2.75) is 11.8 Å². The van der Waals surface area contributed by atoms with Crippen molar-refractivity contribution in [3.63, 3.8) is 0 Å². The van der Waals surface area contributed by atoms with Gasteiger partial charge in [0.25, 0.3) is 0 Å². The van der Waals surface area contributed by atoms with Crippen molar-refractivity contribution in [3.05, 3.63) is 29.8 Å². The van der Waals surface area contributed by atoms with Crippen LogP contribution in [-0.4, -0.2) is 30.3 Å². The van der Waals surface area contributed by atoms with Crippen LogP contribution in [0.5, 0.6) is 0 Å². The molecule has 82 valence electrons. The number of anilines is 1. The maximum absolute atomic E-state index is 11.5. The molecule has 0 bridgehead atoms. The molecule has 0 spiro atoms. The van der Waals surface area contributed by atoms with E-state index in [1.165, 1.54) is 4.90 Å². The fourth-order valence-electron chi connectivity index (χ4n) is 1.29. The summed E-state index contributed by atoms with van der Waals surface area (Å²) in [5.41, 5.74) is 7.30. The molecular weight excluding hydrogens is 212 g/mol. The first-order valence-electron chi connectivity index (χ1n) is 4.70. The van der Waals surface area contributed by atoms with E-state index in [0.717, 1.165) is 5.56 Å². The number of amides is 1. The standard InChI is InChI=1S/C11H15ClN2O/c1-14(2)11(15)10(12)7-8-4-3-5-9(13)6-8/h3-6,10H,7,13H2,1-2H3. The molecule has 0 fully saturated rings. The molecule has 1 amide bonds. The van der Waals surface area contributed by atoms with E-state index in [-0.39, 0.29) is 5.91 Å². The number of rotatable bonds is 3. The van der Waals surface area contributed by atoms with Gasteiger partial charge in [0.15, 0.2) is 0 Å². The number of carbonyl (C=O) groups excluding carboxylic acids is 1. The molecule has 3 nitrogen and oxygen atoms in total. The van der Waals surface area contributed by atoms with Crippen LogP contribution < -0.4 is 5.73 Å². The van der Waals surface area contributed by atoms with Gasteiger partial charge in [-0.3, -0.25) is 4.79 Å². The van der Waals surface area contributed by atoms with E-state index in [9.17, 15) is 4.79 Å².